The van der Waals surface area contributed by atoms with Gasteiger partial charge in [0.25, 0.3) is 0 Å². The fraction of sp³-hybridized carbons (Fsp3) is 0.474. The van der Waals surface area contributed by atoms with Gasteiger partial charge in [-0.3, -0.25) is 0 Å². The summed E-state index contributed by atoms with van der Waals surface area (Å²) in [6.07, 6.45) is -0.303. The normalized spacial score (nSPS) is 17.0. The Labute approximate surface area is 167 Å². The zero-order valence-corrected chi connectivity index (χ0v) is 17.6. The minimum Gasteiger partial charge on any atom is -0.503 e. The third-order valence-electron chi connectivity index (χ3n) is 3.93. The Morgan fingerprint density at radius 1 is 1.30 bits per heavy atom. The van der Waals surface area contributed by atoms with Gasteiger partial charge in [-0.15, -0.1) is 0 Å². The first-order chi connectivity index (χ1) is 12.6. The van der Waals surface area contributed by atoms with Gasteiger partial charge in [-0.1, -0.05) is 13.8 Å². The molecule has 0 spiro atoms. The smallest absolute Gasteiger partial charge is 0.338 e. The molecule has 1 aromatic rings. The summed E-state index contributed by atoms with van der Waals surface area (Å²) in [5.41, 5.74) is 1.43. The molecule has 0 aromatic heterocycles. The molecule has 3 N–H and O–H groups in total. The van der Waals surface area contributed by atoms with E-state index in [1.54, 1.807) is 32.9 Å². The van der Waals surface area contributed by atoms with Gasteiger partial charge in [0.1, 0.15) is 0 Å². The summed E-state index contributed by atoms with van der Waals surface area (Å²) in [4.78, 5) is 25.0. The van der Waals surface area contributed by atoms with Crippen molar-refractivity contribution >= 4 is 27.9 Å². The number of urea groups is 1. The van der Waals surface area contributed by atoms with Crippen molar-refractivity contribution in [2.75, 3.05) is 6.61 Å². The number of hydrogen-bond donors (Lipinski definition) is 3. The lowest BCUT2D eigenvalue weighted by atomic mass is 9.91. The number of carbonyl (C=O) groups excluding carboxylic acids is 2. The summed E-state index contributed by atoms with van der Waals surface area (Å²) in [6, 6.07) is 2.11. The van der Waals surface area contributed by atoms with E-state index in [9.17, 15) is 14.7 Å². The highest BCUT2D eigenvalue weighted by Gasteiger charge is 2.35. The zero-order chi connectivity index (χ0) is 20.3. The van der Waals surface area contributed by atoms with Crippen LogP contribution in [0.2, 0.25) is 0 Å². The molecular weight excluding hydrogens is 416 g/mol. The van der Waals surface area contributed by atoms with E-state index in [0.717, 1.165) is 0 Å². The fourth-order valence-corrected chi connectivity index (χ4v) is 3.28. The van der Waals surface area contributed by atoms with Crippen LogP contribution in [0.1, 0.15) is 46.2 Å². The van der Waals surface area contributed by atoms with E-state index in [2.05, 4.69) is 26.6 Å². The molecule has 7 nitrogen and oxygen atoms in total. The number of nitrogens with one attached hydrogen (secondary N) is 2. The van der Waals surface area contributed by atoms with Crippen molar-refractivity contribution in [3.63, 3.8) is 0 Å². The molecule has 1 aliphatic heterocycles. The number of ether oxygens (including phenoxy) is 2. The Morgan fingerprint density at radius 2 is 1.96 bits per heavy atom. The van der Waals surface area contributed by atoms with E-state index >= 15 is 0 Å². The number of benzene rings is 1. The average molecular weight is 441 g/mol. The van der Waals surface area contributed by atoms with Crippen LogP contribution in [0.25, 0.3) is 0 Å². The van der Waals surface area contributed by atoms with Crippen LogP contribution in [0, 0.1) is 5.92 Å². The second kappa shape index (κ2) is 8.65. The first-order valence-corrected chi connectivity index (χ1v) is 9.62. The summed E-state index contributed by atoms with van der Waals surface area (Å²) in [6.45, 7) is 9.47. The quantitative estimate of drug-likeness (QED) is 0.584. The van der Waals surface area contributed by atoms with Crippen LogP contribution in [0.4, 0.5) is 4.79 Å². The summed E-state index contributed by atoms with van der Waals surface area (Å²) < 4.78 is 11.3. The maximum atomic E-state index is 12.8. The molecule has 0 saturated heterocycles. The topological polar surface area (TPSA) is 96.9 Å². The van der Waals surface area contributed by atoms with Gasteiger partial charge in [-0.2, -0.15) is 0 Å². The van der Waals surface area contributed by atoms with Crippen LogP contribution in [0.3, 0.4) is 0 Å². The average Bonchev–Trinajstić information content (AvgIpc) is 2.57. The Balaban J connectivity index is 2.62. The monoisotopic (exact) mass is 440 g/mol. The molecule has 148 valence electrons. The summed E-state index contributed by atoms with van der Waals surface area (Å²) >= 11 is 3.30. The van der Waals surface area contributed by atoms with Gasteiger partial charge in [0.05, 0.1) is 28.8 Å². The second-order valence-electron chi connectivity index (χ2n) is 6.75. The highest BCUT2D eigenvalue weighted by Crippen LogP contribution is 2.40. The number of esters is 1. The number of amides is 2. The van der Waals surface area contributed by atoms with Gasteiger partial charge in [0, 0.05) is 5.70 Å². The van der Waals surface area contributed by atoms with Crippen molar-refractivity contribution in [3.05, 3.63) is 33.4 Å². The molecule has 0 saturated carbocycles. The summed E-state index contributed by atoms with van der Waals surface area (Å²) in [5.74, 6) is -0.383. The maximum absolute atomic E-state index is 12.8. The predicted molar refractivity (Wildman–Crippen MR) is 104 cm³/mol. The molecule has 0 radical (unpaired) electrons. The summed E-state index contributed by atoms with van der Waals surface area (Å²) in [7, 11) is 0. The minimum atomic E-state index is -0.737. The van der Waals surface area contributed by atoms with Crippen molar-refractivity contribution in [1.82, 2.24) is 10.6 Å². The number of carbonyl (C=O) groups is 2. The Kier molecular flexibility index (Phi) is 6.75. The van der Waals surface area contributed by atoms with Gasteiger partial charge in [0.15, 0.2) is 11.5 Å². The lowest BCUT2D eigenvalue weighted by Gasteiger charge is -2.31. The van der Waals surface area contributed by atoms with Crippen molar-refractivity contribution in [1.29, 1.82) is 0 Å². The van der Waals surface area contributed by atoms with Crippen LogP contribution in [-0.2, 0) is 9.53 Å². The molecule has 1 aromatic carbocycles. The van der Waals surface area contributed by atoms with Crippen LogP contribution >= 0.6 is 15.9 Å². The number of allylic oxidation sites excluding steroid dienone is 1. The highest BCUT2D eigenvalue weighted by atomic mass is 79.9. The van der Waals surface area contributed by atoms with E-state index in [0.29, 0.717) is 27.9 Å². The van der Waals surface area contributed by atoms with Crippen molar-refractivity contribution in [2.45, 2.75) is 46.8 Å². The van der Waals surface area contributed by atoms with E-state index in [1.165, 1.54) is 0 Å². The number of phenols is 1. The predicted octanol–water partition coefficient (Wildman–Crippen LogP) is 3.77. The zero-order valence-electron chi connectivity index (χ0n) is 16.1. The first kappa shape index (κ1) is 21.1. The van der Waals surface area contributed by atoms with Crippen molar-refractivity contribution in [2.24, 2.45) is 5.92 Å². The van der Waals surface area contributed by atoms with Crippen molar-refractivity contribution in [3.8, 4) is 11.5 Å². The van der Waals surface area contributed by atoms with Gasteiger partial charge in [-0.05, 0) is 60.3 Å². The van der Waals surface area contributed by atoms with Gasteiger partial charge < -0.3 is 25.2 Å². The van der Waals surface area contributed by atoms with Gasteiger partial charge in [0.2, 0.25) is 0 Å². The number of hydrogen-bond acceptors (Lipinski definition) is 5. The SMILES string of the molecule is CCOc1cc(C2NC(=O)NC(C(C)C)=C2C(=O)OC(C)C)cc(Br)c1O. The van der Waals surface area contributed by atoms with Crippen LogP contribution in [0.15, 0.2) is 27.9 Å². The van der Waals surface area contributed by atoms with E-state index in [1.807, 2.05) is 13.8 Å². The molecule has 27 heavy (non-hydrogen) atoms. The largest absolute Gasteiger partial charge is 0.503 e. The third kappa shape index (κ3) is 4.74. The second-order valence-corrected chi connectivity index (χ2v) is 7.60. The van der Waals surface area contributed by atoms with Gasteiger partial charge >= 0.3 is 12.0 Å². The molecule has 8 heteroatoms. The number of halogens is 1. The lowest BCUT2D eigenvalue weighted by Crippen LogP contribution is -2.47. The van der Waals surface area contributed by atoms with Crippen LogP contribution in [-0.4, -0.2) is 29.8 Å². The summed E-state index contributed by atoms with van der Waals surface area (Å²) in [5, 5.41) is 15.7. The highest BCUT2D eigenvalue weighted by molar-refractivity contribution is 9.10. The molecule has 0 aliphatic carbocycles. The molecule has 2 rings (SSSR count). The molecule has 2 amide bonds. The molecule has 0 bridgehead atoms. The Hall–Kier alpha value is -2.22. The van der Waals surface area contributed by atoms with E-state index in [-0.39, 0.29) is 23.5 Å². The maximum Gasteiger partial charge on any atom is 0.338 e. The van der Waals surface area contributed by atoms with E-state index in [4.69, 9.17) is 9.47 Å². The number of aromatic hydroxyl groups is 1. The standard InChI is InChI=1S/C19H25BrN2O5/c1-6-26-13-8-11(7-12(20)17(13)23)16-14(18(24)27-10(4)5)15(9(2)3)21-19(25)22-16/h7-10,16,23H,6H2,1-5H3,(H2,21,22,25). The van der Waals surface area contributed by atoms with Crippen molar-refractivity contribution < 1.29 is 24.2 Å². The molecule has 1 aliphatic rings. The third-order valence-corrected chi connectivity index (χ3v) is 4.53. The Morgan fingerprint density at radius 3 is 2.52 bits per heavy atom. The first-order valence-electron chi connectivity index (χ1n) is 8.83. The minimum absolute atomic E-state index is 0.0415. The molecule has 1 unspecified atom stereocenters. The van der Waals surface area contributed by atoms with Crippen LogP contribution in [0.5, 0.6) is 11.5 Å². The lowest BCUT2D eigenvalue weighted by molar-refractivity contribution is -0.143. The van der Waals surface area contributed by atoms with Gasteiger partial charge in [-0.25, -0.2) is 9.59 Å². The molecular formula is C19H25BrN2O5. The fourth-order valence-electron chi connectivity index (χ4n) is 2.82. The molecule has 1 atom stereocenters. The van der Waals surface area contributed by atoms with Crippen LogP contribution < -0.4 is 15.4 Å². The van der Waals surface area contributed by atoms with E-state index < -0.39 is 18.0 Å². The number of phenolic OH excluding ortho intramolecular Hbond substituents is 1. The Bertz CT molecular complexity index is 774. The number of rotatable bonds is 6. The molecule has 0 fully saturated rings. The molecule has 1 heterocycles.